The number of methoxy groups -OCH3 is 1. The van der Waals surface area contributed by atoms with Gasteiger partial charge < -0.3 is 10.1 Å². The number of hydrogen-bond donors (Lipinski definition) is 2. The number of carbonyl (C=O) groups is 2. The molecule has 1 heterocycles. The van der Waals surface area contributed by atoms with Crippen LogP contribution < -0.4 is 10.6 Å². The van der Waals surface area contributed by atoms with Crippen LogP contribution in [0, 0.1) is 6.92 Å². The van der Waals surface area contributed by atoms with Crippen molar-refractivity contribution in [3.05, 3.63) is 10.6 Å². The number of thiazole rings is 1. The minimum absolute atomic E-state index is 0.0561. The highest BCUT2D eigenvalue weighted by molar-refractivity contribution is 7.16. The van der Waals surface area contributed by atoms with Gasteiger partial charge in [0.1, 0.15) is 0 Å². The van der Waals surface area contributed by atoms with Crippen molar-refractivity contribution in [3.8, 4) is 0 Å². The number of anilines is 1. The van der Waals surface area contributed by atoms with E-state index in [9.17, 15) is 9.59 Å². The van der Waals surface area contributed by atoms with Gasteiger partial charge in [-0.3, -0.25) is 10.1 Å². The summed E-state index contributed by atoms with van der Waals surface area (Å²) in [7, 11) is 1.34. The SMILES string of the molecule is COC(=O)Cc1sc(NC(=O)NC(C)C)nc1C. The topological polar surface area (TPSA) is 80.3 Å². The van der Waals surface area contributed by atoms with Crippen LogP contribution in [0.1, 0.15) is 24.4 Å². The number of hydrogen-bond acceptors (Lipinski definition) is 5. The molecule has 0 spiro atoms. The highest BCUT2D eigenvalue weighted by Crippen LogP contribution is 2.23. The lowest BCUT2D eigenvalue weighted by Crippen LogP contribution is -2.34. The van der Waals surface area contributed by atoms with Crippen molar-refractivity contribution >= 4 is 28.5 Å². The van der Waals surface area contributed by atoms with Crippen molar-refractivity contribution in [3.63, 3.8) is 0 Å². The van der Waals surface area contributed by atoms with Crippen LogP contribution in [0.5, 0.6) is 0 Å². The van der Waals surface area contributed by atoms with Gasteiger partial charge in [-0.25, -0.2) is 9.78 Å². The minimum Gasteiger partial charge on any atom is -0.469 e. The lowest BCUT2D eigenvalue weighted by molar-refractivity contribution is -0.139. The molecule has 0 aliphatic rings. The second kappa shape index (κ2) is 6.34. The number of urea groups is 1. The molecular formula is C11H17N3O3S. The standard InChI is InChI=1S/C11H17N3O3S/c1-6(2)12-10(16)14-11-13-7(3)8(18-11)5-9(15)17-4/h6H,5H2,1-4H3,(H2,12,13,14,16). The number of nitrogens with zero attached hydrogens (tertiary/aromatic N) is 1. The maximum atomic E-state index is 11.5. The number of aromatic nitrogens is 1. The van der Waals surface area contributed by atoms with E-state index >= 15 is 0 Å². The third-order valence-corrected chi connectivity index (χ3v) is 3.14. The predicted molar refractivity (Wildman–Crippen MR) is 69.9 cm³/mol. The number of nitrogens with one attached hydrogen (secondary N) is 2. The molecule has 0 unspecified atom stereocenters. The van der Waals surface area contributed by atoms with Gasteiger partial charge in [0.15, 0.2) is 5.13 Å². The van der Waals surface area contributed by atoms with E-state index in [1.54, 1.807) is 6.92 Å². The zero-order valence-electron chi connectivity index (χ0n) is 10.9. The summed E-state index contributed by atoms with van der Waals surface area (Å²) in [6, 6.07) is -0.246. The molecule has 0 aliphatic heterocycles. The van der Waals surface area contributed by atoms with Crippen LogP contribution in [0.4, 0.5) is 9.93 Å². The molecule has 0 bridgehead atoms. The summed E-state index contributed by atoms with van der Waals surface area (Å²) in [5.74, 6) is -0.320. The van der Waals surface area contributed by atoms with E-state index < -0.39 is 0 Å². The monoisotopic (exact) mass is 271 g/mol. The van der Waals surface area contributed by atoms with Crippen molar-refractivity contribution in [2.75, 3.05) is 12.4 Å². The van der Waals surface area contributed by atoms with Gasteiger partial charge in [0.05, 0.1) is 19.2 Å². The first-order valence-corrected chi connectivity index (χ1v) is 6.34. The zero-order valence-corrected chi connectivity index (χ0v) is 11.7. The molecule has 0 radical (unpaired) electrons. The Morgan fingerprint density at radius 2 is 2.11 bits per heavy atom. The first-order chi connectivity index (χ1) is 8.42. The van der Waals surface area contributed by atoms with Crippen molar-refractivity contribution in [1.29, 1.82) is 0 Å². The Kier molecular flexibility index (Phi) is 5.08. The van der Waals surface area contributed by atoms with Crippen LogP contribution >= 0.6 is 11.3 Å². The average molecular weight is 271 g/mol. The molecular weight excluding hydrogens is 254 g/mol. The molecule has 6 nitrogen and oxygen atoms in total. The van der Waals surface area contributed by atoms with Crippen molar-refractivity contribution in [1.82, 2.24) is 10.3 Å². The molecule has 0 aromatic carbocycles. The lowest BCUT2D eigenvalue weighted by Gasteiger charge is -2.07. The molecule has 0 saturated heterocycles. The Labute approximate surface area is 110 Å². The van der Waals surface area contributed by atoms with E-state index in [2.05, 4.69) is 20.4 Å². The number of ether oxygens (including phenoxy) is 1. The van der Waals surface area contributed by atoms with Crippen LogP contribution in [0.3, 0.4) is 0 Å². The van der Waals surface area contributed by atoms with Gasteiger partial charge in [-0.15, -0.1) is 11.3 Å². The van der Waals surface area contributed by atoms with Gasteiger partial charge in [-0.05, 0) is 20.8 Å². The molecule has 18 heavy (non-hydrogen) atoms. The molecule has 1 aromatic rings. The van der Waals surface area contributed by atoms with E-state index in [1.165, 1.54) is 18.4 Å². The van der Waals surface area contributed by atoms with Crippen LogP contribution in [0.2, 0.25) is 0 Å². The Morgan fingerprint density at radius 1 is 1.44 bits per heavy atom. The molecule has 2 amide bonds. The average Bonchev–Trinajstić information content (AvgIpc) is 2.57. The Morgan fingerprint density at radius 3 is 2.67 bits per heavy atom. The van der Waals surface area contributed by atoms with Crippen LogP contribution in [-0.2, 0) is 16.0 Å². The molecule has 100 valence electrons. The Hall–Kier alpha value is -1.63. The molecule has 1 rings (SSSR count). The van der Waals surface area contributed by atoms with Gasteiger partial charge >= 0.3 is 12.0 Å². The smallest absolute Gasteiger partial charge is 0.321 e. The van der Waals surface area contributed by atoms with Gasteiger partial charge in [-0.1, -0.05) is 0 Å². The summed E-state index contributed by atoms with van der Waals surface area (Å²) >= 11 is 1.27. The number of aryl methyl sites for hydroxylation is 1. The Bertz CT molecular complexity index is 443. The van der Waals surface area contributed by atoms with Crippen molar-refractivity contribution < 1.29 is 14.3 Å². The highest BCUT2D eigenvalue weighted by Gasteiger charge is 2.13. The second-order valence-corrected chi connectivity index (χ2v) is 5.12. The molecule has 1 aromatic heterocycles. The van der Waals surface area contributed by atoms with Crippen molar-refractivity contribution in [2.24, 2.45) is 0 Å². The summed E-state index contributed by atoms with van der Waals surface area (Å²) in [5.41, 5.74) is 0.727. The molecule has 0 saturated carbocycles. The van der Waals surface area contributed by atoms with Gasteiger partial charge in [-0.2, -0.15) is 0 Å². The number of esters is 1. The van der Waals surface area contributed by atoms with Crippen molar-refractivity contribution in [2.45, 2.75) is 33.2 Å². The van der Waals surface area contributed by atoms with Crippen LogP contribution in [0.25, 0.3) is 0 Å². The van der Waals surface area contributed by atoms with E-state index in [1.807, 2.05) is 13.8 Å². The third kappa shape index (κ3) is 4.33. The molecule has 7 heteroatoms. The van der Waals surface area contributed by atoms with Gasteiger partial charge in [0, 0.05) is 10.9 Å². The van der Waals surface area contributed by atoms with Crippen LogP contribution in [0.15, 0.2) is 0 Å². The molecule has 0 fully saturated rings. The quantitative estimate of drug-likeness (QED) is 0.817. The van der Waals surface area contributed by atoms with E-state index in [4.69, 9.17) is 0 Å². The first kappa shape index (κ1) is 14.4. The fourth-order valence-corrected chi connectivity index (χ4v) is 2.19. The largest absolute Gasteiger partial charge is 0.469 e. The third-order valence-electron chi connectivity index (χ3n) is 2.07. The van der Waals surface area contributed by atoms with E-state index in [0.717, 1.165) is 10.6 Å². The predicted octanol–water partition coefficient (Wildman–Crippen LogP) is 1.70. The maximum absolute atomic E-state index is 11.5. The number of rotatable bonds is 4. The van der Waals surface area contributed by atoms with Gasteiger partial charge in [0.25, 0.3) is 0 Å². The zero-order chi connectivity index (χ0) is 13.7. The lowest BCUT2D eigenvalue weighted by atomic mass is 10.3. The van der Waals surface area contributed by atoms with E-state index in [-0.39, 0.29) is 24.5 Å². The minimum atomic E-state index is -0.320. The summed E-state index contributed by atoms with van der Waals surface area (Å²) in [6.07, 6.45) is 0.174. The highest BCUT2D eigenvalue weighted by atomic mass is 32.1. The Balaban J connectivity index is 2.66. The van der Waals surface area contributed by atoms with E-state index in [0.29, 0.717) is 5.13 Å². The number of amides is 2. The normalized spacial score (nSPS) is 10.3. The molecule has 0 atom stereocenters. The summed E-state index contributed by atoms with van der Waals surface area (Å²) in [6.45, 7) is 5.53. The first-order valence-electron chi connectivity index (χ1n) is 5.53. The fraction of sp³-hybridized carbons (Fsp3) is 0.545. The maximum Gasteiger partial charge on any atom is 0.321 e. The molecule has 0 aliphatic carbocycles. The summed E-state index contributed by atoms with van der Waals surface area (Å²) in [5, 5.41) is 5.80. The van der Waals surface area contributed by atoms with Gasteiger partial charge in [0.2, 0.25) is 0 Å². The fourth-order valence-electron chi connectivity index (χ4n) is 1.24. The molecule has 2 N–H and O–H groups in total. The summed E-state index contributed by atoms with van der Waals surface area (Å²) < 4.78 is 4.59. The van der Waals surface area contributed by atoms with Crippen LogP contribution in [-0.4, -0.2) is 30.1 Å². The number of carbonyl (C=O) groups excluding carboxylic acids is 2. The summed E-state index contributed by atoms with van der Waals surface area (Å²) in [4.78, 5) is 27.6. The second-order valence-electron chi connectivity index (χ2n) is 4.03.